The number of hydrogen-bond donors (Lipinski definition) is 1. The molecule has 0 saturated carbocycles. The third-order valence-electron chi connectivity index (χ3n) is 3.49. The molecular weight excluding hydrogens is 324 g/mol. The van der Waals surface area contributed by atoms with Crippen LogP contribution in [0.2, 0.25) is 0 Å². The Labute approximate surface area is 142 Å². The fraction of sp³-hybridized carbons (Fsp3) is 0.111. The number of nitrogens with zero attached hydrogens (tertiary/aromatic N) is 2. The third-order valence-corrected chi connectivity index (χ3v) is 4.34. The van der Waals surface area contributed by atoms with Crippen LogP contribution < -0.4 is 0 Å². The van der Waals surface area contributed by atoms with Gasteiger partial charge in [-0.3, -0.25) is 4.79 Å². The van der Waals surface area contributed by atoms with Crippen molar-refractivity contribution in [1.82, 2.24) is 9.97 Å². The number of carbonyl (C=O) groups is 2. The zero-order valence-electron chi connectivity index (χ0n) is 12.9. The van der Waals surface area contributed by atoms with Crippen LogP contribution in [-0.4, -0.2) is 32.6 Å². The predicted octanol–water partition coefficient (Wildman–Crippen LogP) is 3.61. The fourth-order valence-electron chi connectivity index (χ4n) is 2.24. The number of benzene rings is 2. The maximum atomic E-state index is 12.2. The Morgan fingerprint density at radius 2 is 1.75 bits per heavy atom. The number of rotatable bonds is 5. The van der Waals surface area contributed by atoms with E-state index in [4.69, 9.17) is 0 Å². The van der Waals surface area contributed by atoms with Crippen molar-refractivity contribution in [3.63, 3.8) is 0 Å². The SMILES string of the molecule is Cc1ccc(C(=O)CSc2nc(C(=O)O)c3ccccc3n2)cc1. The Kier molecular flexibility index (Phi) is 4.57. The second-order valence-electron chi connectivity index (χ2n) is 5.25. The van der Waals surface area contributed by atoms with Crippen LogP contribution in [0.1, 0.15) is 26.4 Å². The number of carboxylic acids is 1. The number of carboxylic acid groups (broad SMARTS) is 1. The van der Waals surface area contributed by atoms with E-state index in [0.717, 1.165) is 17.3 Å². The number of aryl methyl sites for hydroxylation is 1. The van der Waals surface area contributed by atoms with Gasteiger partial charge < -0.3 is 5.11 Å². The van der Waals surface area contributed by atoms with E-state index in [9.17, 15) is 14.7 Å². The molecule has 1 aromatic heterocycles. The predicted molar refractivity (Wildman–Crippen MR) is 92.7 cm³/mol. The second-order valence-corrected chi connectivity index (χ2v) is 6.20. The van der Waals surface area contributed by atoms with Gasteiger partial charge in [-0.15, -0.1) is 0 Å². The van der Waals surface area contributed by atoms with Crippen molar-refractivity contribution >= 4 is 34.4 Å². The number of Topliss-reactive ketones (excluding diaryl/α,β-unsaturated/α-hetero) is 1. The average Bonchev–Trinajstić information content (AvgIpc) is 2.59. The Balaban J connectivity index is 1.83. The summed E-state index contributed by atoms with van der Waals surface area (Å²) in [6.45, 7) is 1.96. The monoisotopic (exact) mass is 338 g/mol. The van der Waals surface area contributed by atoms with Gasteiger partial charge in [0.05, 0.1) is 11.3 Å². The molecule has 0 aliphatic rings. The lowest BCUT2D eigenvalue weighted by molar-refractivity contribution is 0.0691. The van der Waals surface area contributed by atoms with E-state index < -0.39 is 5.97 Å². The smallest absolute Gasteiger partial charge is 0.355 e. The molecule has 1 N–H and O–H groups in total. The molecule has 0 aliphatic heterocycles. The number of aromatic nitrogens is 2. The summed E-state index contributed by atoms with van der Waals surface area (Å²) in [5, 5.41) is 10.1. The molecule has 24 heavy (non-hydrogen) atoms. The maximum Gasteiger partial charge on any atom is 0.355 e. The van der Waals surface area contributed by atoms with E-state index in [-0.39, 0.29) is 22.4 Å². The van der Waals surface area contributed by atoms with E-state index in [1.54, 1.807) is 36.4 Å². The van der Waals surface area contributed by atoms with Gasteiger partial charge in [0.25, 0.3) is 0 Å². The van der Waals surface area contributed by atoms with Crippen LogP contribution in [0.3, 0.4) is 0 Å². The van der Waals surface area contributed by atoms with Crippen molar-refractivity contribution in [1.29, 1.82) is 0 Å². The Morgan fingerprint density at radius 1 is 1.04 bits per heavy atom. The van der Waals surface area contributed by atoms with Crippen molar-refractivity contribution in [2.45, 2.75) is 12.1 Å². The van der Waals surface area contributed by atoms with Crippen molar-refractivity contribution in [2.24, 2.45) is 0 Å². The van der Waals surface area contributed by atoms with Gasteiger partial charge in [0.1, 0.15) is 0 Å². The summed E-state index contributed by atoms with van der Waals surface area (Å²) in [7, 11) is 0. The molecule has 0 saturated heterocycles. The number of ketones is 1. The third kappa shape index (κ3) is 3.44. The minimum Gasteiger partial charge on any atom is -0.476 e. The van der Waals surface area contributed by atoms with Crippen LogP contribution in [0, 0.1) is 6.92 Å². The normalized spacial score (nSPS) is 10.7. The van der Waals surface area contributed by atoms with Gasteiger partial charge in [0, 0.05) is 10.9 Å². The number of fused-ring (bicyclic) bond motifs is 1. The first-order valence-corrected chi connectivity index (χ1v) is 8.26. The Hall–Kier alpha value is -2.73. The van der Waals surface area contributed by atoms with Gasteiger partial charge in [-0.2, -0.15) is 0 Å². The molecule has 0 fully saturated rings. The molecule has 120 valence electrons. The maximum absolute atomic E-state index is 12.2. The van der Waals surface area contributed by atoms with Crippen LogP contribution in [0.15, 0.2) is 53.7 Å². The molecule has 0 atom stereocenters. The van der Waals surface area contributed by atoms with Crippen LogP contribution in [0.5, 0.6) is 0 Å². The highest BCUT2D eigenvalue weighted by atomic mass is 32.2. The van der Waals surface area contributed by atoms with Gasteiger partial charge in [0.2, 0.25) is 0 Å². The summed E-state index contributed by atoms with van der Waals surface area (Å²) in [4.78, 5) is 32.0. The van der Waals surface area contributed by atoms with E-state index in [0.29, 0.717) is 16.5 Å². The summed E-state index contributed by atoms with van der Waals surface area (Å²) >= 11 is 1.14. The number of carbonyl (C=O) groups excluding carboxylic acids is 1. The van der Waals surface area contributed by atoms with Gasteiger partial charge in [-0.1, -0.05) is 59.8 Å². The van der Waals surface area contributed by atoms with Crippen molar-refractivity contribution in [3.8, 4) is 0 Å². The lowest BCUT2D eigenvalue weighted by atomic mass is 10.1. The summed E-state index contributed by atoms with van der Waals surface area (Å²) in [6.07, 6.45) is 0. The topological polar surface area (TPSA) is 80.2 Å². The summed E-state index contributed by atoms with van der Waals surface area (Å²) < 4.78 is 0. The highest BCUT2D eigenvalue weighted by Gasteiger charge is 2.15. The number of hydrogen-bond acceptors (Lipinski definition) is 5. The van der Waals surface area contributed by atoms with Gasteiger partial charge >= 0.3 is 5.97 Å². The summed E-state index contributed by atoms with van der Waals surface area (Å²) in [6, 6.07) is 14.3. The molecule has 3 rings (SSSR count). The minimum atomic E-state index is -1.11. The summed E-state index contributed by atoms with van der Waals surface area (Å²) in [5.41, 5.74) is 2.21. The zero-order valence-corrected chi connectivity index (χ0v) is 13.7. The number of para-hydroxylation sites is 1. The molecule has 1 heterocycles. The first-order valence-electron chi connectivity index (χ1n) is 7.27. The lowest BCUT2D eigenvalue weighted by Gasteiger charge is -2.05. The van der Waals surface area contributed by atoms with Crippen LogP contribution in [0.4, 0.5) is 0 Å². The van der Waals surface area contributed by atoms with E-state index in [1.165, 1.54) is 0 Å². The molecule has 0 aliphatic carbocycles. The average molecular weight is 338 g/mol. The highest BCUT2D eigenvalue weighted by Crippen LogP contribution is 2.22. The Morgan fingerprint density at radius 3 is 2.46 bits per heavy atom. The molecule has 3 aromatic rings. The summed E-state index contributed by atoms with van der Waals surface area (Å²) in [5.74, 6) is -1.01. The number of aromatic carboxylic acids is 1. The van der Waals surface area contributed by atoms with E-state index in [1.807, 2.05) is 19.1 Å². The largest absolute Gasteiger partial charge is 0.476 e. The van der Waals surface area contributed by atoms with Crippen LogP contribution in [0.25, 0.3) is 10.9 Å². The van der Waals surface area contributed by atoms with Crippen LogP contribution in [-0.2, 0) is 0 Å². The molecule has 2 aromatic carbocycles. The fourth-order valence-corrected chi connectivity index (χ4v) is 2.98. The second kappa shape index (κ2) is 6.80. The Bertz CT molecular complexity index is 923. The molecule has 0 unspecified atom stereocenters. The standard InChI is InChI=1S/C18H14N2O3S/c1-11-6-8-12(9-7-11)15(21)10-24-18-19-14-5-3-2-4-13(14)16(20-18)17(22)23/h2-9H,10H2,1H3,(H,22,23). The highest BCUT2D eigenvalue weighted by molar-refractivity contribution is 7.99. The zero-order chi connectivity index (χ0) is 17.1. The van der Waals surface area contributed by atoms with Crippen LogP contribution >= 0.6 is 11.8 Å². The molecular formula is C18H14N2O3S. The minimum absolute atomic E-state index is 0.0476. The molecule has 0 bridgehead atoms. The first-order chi connectivity index (χ1) is 11.5. The van der Waals surface area contributed by atoms with Gasteiger partial charge in [-0.25, -0.2) is 14.8 Å². The number of thioether (sulfide) groups is 1. The quantitative estimate of drug-likeness (QED) is 0.435. The van der Waals surface area contributed by atoms with Crippen molar-refractivity contribution in [3.05, 3.63) is 65.4 Å². The molecule has 0 amide bonds. The van der Waals surface area contributed by atoms with Gasteiger partial charge in [-0.05, 0) is 13.0 Å². The first kappa shape index (κ1) is 16.1. The van der Waals surface area contributed by atoms with Crippen molar-refractivity contribution in [2.75, 3.05) is 5.75 Å². The molecule has 6 heteroatoms. The van der Waals surface area contributed by atoms with E-state index in [2.05, 4.69) is 9.97 Å². The molecule has 5 nitrogen and oxygen atoms in total. The molecule has 0 spiro atoms. The lowest BCUT2D eigenvalue weighted by Crippen LogP contribution is -2.06. The van der Waals surface area contributed by atoms with E-state index >= 15 is 0 Å². The van der Waals surface area contributed by atoms with Crippen molar-refractivity contribution < 1.29 is 14.7 Å². The molecule has 0 radical (unpaired) electrons. The van der Waals surface area contributed by atoms with Gasteiger partial charge in [0.15, 0.2) is 16.6 Å².